The highest BCUT2D eigenvalue weighted by molar-refractivity contribution is 5.90. The van der Waals surface area contributed by atoms with Gasteiger partial charge in [0.15, 0.2) is 11.5 Å². The van der Waals surface area contributed by atoms with Gasteiger partial charge in [0, 0.05) is 12.3 Å². The molecule has 0 saturated heterocycles. The van der Waals surface area contributed by atoms with Crippen molar-refractivity contribution in [2.75, 3.05) is 21.3 Å². The summed E-state index contributed by atoms with van der Waals surface area (Å²) < 4.78 is 27.5. The average molecular weight is 406 g/mol. The van der Waals surface area contributed by atoms with Crippen molar-refractivity contribution >= 4 is 10.9 Å². The van der Waals surface area contributed by atoms with Gasteiger partial charge in [-0.1, -0.05) is 18.2 Å². The first-order chi connectivity index (χ1) is 14.7. The first-order valence-corrected chi connectivity index (χ1v) is 8.98. The van der Waals surface area contributed by atoms with Crippen LogP contribution >= 0.6 is 0 Å². The minimum absolute atomic E-state index is 0.0389. The van der Waals surface area contributed by atoms with Gasteiger partial charge in [-0.05, 0) is 24.3 Å². The number of para-hydroxylation sites is 1. The summed E-state index contributed by atoms with van der Waals surface area (Å²) in [5.74, 6) is 1.79. The quantitative estimate of drug-likeness (QED) is 0.473. The molecule has 8 heteroatoms. The van der Waals surface area contributed by atoms with Gasteiger partial charge in [-0.15, -0.1) is 0 Å². The monoisotopic (exact) mass is 406 g/mol. The fourth-order valence-electron chi connectivity index (χ4n) is 3.03. The zero-order chi connectivity index (χ0) is 21.1. The number of hydrogen-bond acceptors (Lipinski definition) is 8. The van der Waals surface area contributed by atoms with Crippen molar-refractivity contribution < 1.29 is 23.4 Å². The summed E-state index contributed by atoms with van der Waals surface area (Å²) in [5, 5.41) is 0.197. The standard InChI is InChI=1S/C22H18N2O6/c1-26-16-12-15-17(19(28-3)18(16)27-2)24-21(30-22(15)25)14-10-7-11-23-20(14)29-13-8-5-4-6-9-13/h4-12H,1-3H3. The number of rotatable bonds is 6. The minimum Gasteiger partial charge on any atom is -0.493 e. The van der Waals surface area contributed by atoms with Crippen LogP contribution in [0.2, 0.25) is 0 Å². The van der Waals surface area contributed by atoms with E-state index in [2.05, 4.69) is 9.97 Å². The van der Waals surface area contributed by atoms with Crippen molar-refractivity contribution in [1.29, 1.82) is 0 Å². The fourth-order valence-corrected chi connectivity index (χ4v) is 3.03. The first-order valence-electron chi connectivity index (χ1n) is 8.98. The van der Waals surface area contributed by atoms with Crippen molar-refractivity contribution in [3.63, 3.8) is 0 Å². The Morgan fingerprint density at radius 1 is 0.900 bits per heavy atom. The van der Waals surface area contributed by atoms with Gasteiger partial charge in [0.2, 0.25) is 17.5 Å². The van der Waals surface area contributed by atoms with Crippen molar-refractivity contribution in [3.05, 3.63) is 65.1 Å². The third-order valence-corrected chi connectivity index (χ3v) is 4.39. The van der Waals surface area contributed by atoms with Crippen LogP contribution in [0.1, 0.15) is 0 Å². The second-order valence-corrected chi connectivity index (χ2v) is 6.12. The normalized spacial score (nSPS) is 10.6. The lowest BCUT2D eigenvalue weighted by Gasteiger charge is -2.14. The summed E-state index contributed by atoms with van der Waals surface area (Å²) in [6.45, 7) is 0. The molecule has 2 aromatic heterocycles. The Morgan fingerprint density at radius 3 is 2.37 bits per heavy atom. The van der Waals surface area contributed by atoms with Gasteiger partial charge >= 0.3 is 5.63 Å². The van der Waals surface area contributed by atoms with Gasteiger partial charge in [0.25, 0.3) is 0 Å². The molecule has 8 nitrogen and oxygen atoms in total. The summed E-state index contributed by atoms with van der Waals surface area (Å²) in [7, 11) is 4.40. The maximum absolute atomic E-state index is 12.8. The molecule has 152 valence electrons. The number of pyridine rings is 1. The molecule has 0 atom stereocenters. The Labute approximate surface area is 171 Å². The lowest BCUT2D eigenvalue weighted by molar-refractivity contribution is 0.326. The molecule has 2 aromatic carbocycles. The van der Waals surface area contributed by atoms with Gasteiger partial charge in [-0.25, -0.2) is 14.8 Å². The number of ether oxygens (including phenoxy) is 4. The van der Waals surface area contributed by atoms with Crippen LogP contribution < -0.4 is 24.6 Å². The second kappa shape index (κ2) is 8.12. The molecule has 4 rings (SSSR count). The molecule has 0 aliphatic carbocycles. The van der Waals surface area contributed by atoms with Crippen LogP contribution in [0.15, 0.2) is 63.9 Å². The molecule has 0 bridgehead atoms. The predicted octanol–water partition coefficient (Wildman–Crippen LogP) is 4.07. The first kappa shape index (κ1) is 19.3. The molecular formula is C22H18N2O6. The Bertz CT molecular complexity index is 1250. The van der Waals surface area contributed by atoms with Crippen LogP contribution in [0.5, 0.6) is 28.9 Å². The summed E-state index contributed by atoms with van der Waals surface area (Å²) in [4.78, 5) is 21.5. The molecule has 0 fully saturated rings. The van der Waals surface area contributed by atoms with E-state index >= 15 is 0 Å². The topological polar surface area (TPSA) is 92.9 Å². The van der Waals surface area contributed by atoms with Gasteiger partial charge in [-0.2, -0.15) is 0 Å². The lowest BCUT2D eigenvalue weighted by Crippen LogP contribution is -2.07. The molecule has 0 spiro atoms. The van der Waals surface area contributed by atoms with Crippen LogP contribution in [0.25, 0.3) is 22.4 Å². The summed E-state index contributed by atoms with van der Waals surface area (Å²) in [5.41, 5.74) is 0.0804. The Balaban J connectivity index is 1.92. The van der Waals surface area contributed by atoms with Gasteiger partial charge in [0.05, 0.1) is 32.3 Å². The largest absolute Gasteiger partial charge is 0.493 e. The Hall–Kier alpha value is -4.07. The molecule has 0 aliphatic heterocycles. The SMILES string of the molecule is COc1cc2c(=O)oc(-c3cccnc3Oc3ccccc3)nc2c(OC)c1OC. The molecule has 0 N–H and O–H groups in total. The number of hydrogen-bond donors (Lipinski definition) is 0. The zero-order valence-corrected chi connectivity index (χ0v) is 16.5. The lowest BCUT2D eigenvalue weighted by atomic mass is 10.2. The van der Waals surface area contributed by atoms with Gasteiger partial charge < -0.3 is 23.4 Å². The van der Waals surface area contributed by atoms with Crippen LogP contribution in [-0.2, 0) is 0 Å². The molecule has 0 unspecified atom stereocenters. The van der Waals surface area contributed by atoms with E-state index < -0.39 is 5.63 Å². The van der Waals surface area contributed by atoms with Crippen molar-refractivity contribution in [2.45, 2.75) is 0 Å². The number of aromatic nitrogens is 2. The van der Waals surface area contributed by atoms with E-state index in [-0.39, 0.29) is 28.4 Å². The second-order valence-electron chi connectivity index (χ2n) is 6.12. The van der Waals surface area contributed by atoms with Crippen LogP contribution in [0.4, 0.5) is 0 Å². The highest BCUT2D eigenvalue weighted by atomic mass is 16.5. The molecule has 4 aromatic rings. The zero-order valence-electron chi connectivity index (χ0n) is 16.5. The average Bonchev–Trinajstić information content (AvgIpc) is 2.78. The maximum atomic E-state index is 12.8. The Morgan fingerprint density at radius 2 is 1.67 bits per heavy atom. The summed E-state index contributed by atoms with van der Waals surface area (Å²) in [6, 6.07) is 14.1. The summed E-state index contributed by atoms with van der Waals surface area (Å²) in [6.07, 6.45) is 1.58. The molecule has 30 heavy (non-hydrogen) atoms. The third kappa shape index (κ3) is 3.39. The minimum atomic E-state index is -0.608. The third-order valence-electron chi connectivity index (χ3n) is 4.39. The highest BCUT2D eigenvalue weighted by Gasteiger charge is 2.22. The number of nitrogens with zero attached hydrogens (tertiary/aromatic N) is 2. The van der Waals surface area contributed by atoms with Gasteiger partial charge in [-0.3, -0.25) is 0 Å². The van der Waals surface area contributed by atoms with Gasteiger partial charge in [0.1, 0.15) is 11.3 Å². The van der Waals surface area contributed by atoms with E-state index in [0.717, 1.165) is 0 Å². The molecule has 2 heterocycles. The summed E-state index contributed by atoms with van der Waals surface area (Å²) >= 11 is 0. The Kier molecular flexibility index (Phi) is 5.21. The maximum Gasteiger partial charge on any atom is 0.347 e. The van der Waals surface area contributed by atoms with Crippen LogP contribution in [0, 0.1) is 0 Å². The number of benzene rings is 2. The van der Waals surface area contributed by atoms with E-state index in [0.29, 0.717) is 22.8 Å². The molecule has 0 amide bonds. The van der Waals surface area contributed by atoms with Crippen LogP contribution in [-0.4, -0.2) is 31.3 Å². The van der Waals surface area contributed by atoms with Crippen molar-refractivity contribution in [1.82, 2.24) is 9.97 Å². The van der Waals surface area contributed by atoms with Crippen LogP contribution in [0.3, 0.4) is 0 Å². The van der Waals surface area contributed by atoms with E-state index in [1.807, 2.05) is 18.2 Å². The molecule has 0 saturated carbocycles. The number of fused-ring (bicyclic) bond motifs is 1. The predicted molar refractivity (Wildman–Crippen MR) is 110 cm³/mol. The molecule has 0 radical (unpaired) electrons. The fraction of sp³-hybridized carbons (Fsp3) is 0.136. The molecular weight excluding hydrogens is 388 g/mol. The van der Waals surface area contributed by atoms with Crippen molar-refractivity contribution in [2.24, 2.45) is 0 Å². The van der Waals surface area contributed by atoms with Crippen molar-refractivity contribution in [3.8, 4) is 40.3 Å². The number of methoxy groups -OCH3 is 3. The van der Waals surface area contributed by atoms with E-state index in [1.165, 1.54) is 27.4 Å². The van der Waals surface area contributed by atoms with E-state index in [1.54, 1.807) is 30.5 Å². The van der Waals surface area contributed by atoms with E-state index in [9.17, 15) is 4.79 Å². The smallest absolute Gasteiger partial charge is 0.347 e. The highest BCUT2D eigenvalue weighted by Crippen LogP contribution is 2.42. The van der Waals surface area contributed by atoms with E-state index in [4.69, 9.17) is 23.4 Å². The molecule has 0 aliphatic rings.